The number of nitrogens with one attached hydrogen (secondary N) is 1. The first-order chi connectivity index (χ1) is 12.1. The first-order valence-corrected chi connectivity index (χ1v) is 8.16. The minimum absolute atomic E-state index is 0.00603. The molecule has 5 nitrogen and oxygen atoms in total. The van der Waals surface area contributed by atoms with Crippen LogP contribution in [0.2, 0.25) is 0 Å². The number of para-hydroxylation sites is 2. The number of ketones is 1. The lowest BCUT2D eigenvalue weighted by atomic mass is 9.86. The van der Waals surface area contributed by atoms with Gasteiger partial charge >= 0.3 is 0 Å². The molecule has 0 aliphatic heterocycles. The summed E-state index contributed by atoms with van der Waals surface area (Å²) in [5.74, 6) is 1.52. The molecule has 0 unspecified atom stereocenters. The molecule has 0 saturated heterocycles. The Morgan fingerprint density at radius 3 is 2.56 bits per heavy atom. The predicted octanol–water partition coefficient (Wildman–Crippen LogP) is 3.73. The van der Waals surface area contributed by atoms with Crippen molar-refractivity contribution in [2.45, 2.75) is 18.8 Å². The van der Waals surface area contributed by atoms with Gasteiger partial charge in [-0.3, -0.25) is 4.79 Å². The maximum Gasteiger partial charge on any atom is 0.161 e. The van der Waals surface area contributed by atoms with Gasteiger partial charge in [0.2, 0.25) is 0 Å². The van der Waals surface area contributed by atoms with Crippen molar-refractivity contribution in [3.63, 3.8) is 0 Å². The van der Waals surface area contributed by atoms with E-state index in [0.717, 1.165) is 16.9 Å². The highest BCUT2D eigenvalue weighted by atomic mass is 16.5. The Morgan fingerprint density at radius 1 is 1.08 bits per heavy atom. The largest absolute Gasteiger partial charge is 0.493 e. The van der Waals surface area contributed by atoms with Gasteiger partial charge in [-0.05, 0) is 29.8 Å². The third-order valence-electron chi connectivity index (χ3n) is 4.33. The molecule has 0 saturated carbocycles. The monoisotopic (exact) mass is 338 g/mol. The zero-order valence-electron chi connectivity index (χ0n) is 14.4. The van der Waals surface area contributed by atoms with Crippen molar-refractivity contribution in [3.05, 3.63) is 59.8 Å². The van der Waals surface area contributed by atoms with Gasteiger partial charge in [-0.1, -0.05) is 24.3 Å². The summed E-state index contributed by atoms with van der Waals surface area (Å²) in [6.07, 6.45) is 2.96. The number of hydrogen-bond acceptors (Lipinski definition) is 5. The van der Waals surface area contributed by atoms with Crippen molar-refractivity contribution in [1.29, 1.82) is 0 Å². The van der Waals surface area contributed by atoms with Crippen LogP contribution in [0.3, 0.4) is 0 Å². The van der Waals surface area contributed by atoms with Gasteiger partial charge in [0.15, 0.2) is 11.5 Å². The normalized spacial score (nSPS) is 17.0. The number of hydrogen-bond donors (Lipinski definition) is 2. The summed E-state index contributed by atoms with van der Waals surface area (Å²) in [5, 5.41) is 3.29. The fourth-order valence-electron chi connectivity index (χ4n) is 3.06. The fourth-order valence-corrected chi connectivity index (χ4v) is 3.06. The van der Waals surface area contributed by atoms with Gasteiger partial charge in [0.25, 0.3) is 0 Å². The minimum Gasteiger partial charge on any atom is -0.493 e. The van der Waals surface area contributed by atoms with Crippen molar-refractivity contribution in [2.75, 3.05) is 25.3 Å². The molecule has 0 fully saturated rings. The van der Waals surface area contributed by atoms with Gasteiger partial charge < -0.3 is 20.5 Å². The van der Waals surface area contributed by atoms with Crippen LogP contribution < -0.4 is 20.5 Å². The number of anilines is 2. The van der Waals surface area contributed by atoms with E-state index in [2.05, 4.69) is 11.4 Å². The molecule has 2 aromatic rings. The summed E-state index contributed by atoms with van der Waals surface area (Å²) in [5.41, 5.74) is 9.34. The molecule has 1 atom stereocenters. The Labute approximate surface area is 147 Å². The zero-order valence-corrected chi connectivity index (χ0v) is 14.4. The van der Waals surface area contributed by atoms with Gasteiger partial charge in [0.05, 0.1) is 25.6 Å². The molecule has 0 spiro atoms. The molecular weight excluding hydrogens is 316 g/mol. The number of carbonyl (C=O) groups excluding carboxylic acids is 1. The summed E-state index contributed by atoms with van der Waals surface area (Å²) in [6, 6.07) is 13.3. The third kappa shape index (κ3) is 3.76. The molecule has 25 heavy (non-hydrogen) atoms. The highest BCUT2D eigenvalue weighted by Crippen LogP contribution is 2.35. The average molecular weight is 338 g/mol. The van der Waals surface area contributed by atoms with Crippen molar-refractivity contribution in [1.82, 2.24) is 0 Å². The molecule has 0 aromatic heterocycles. The van der Waals surface area contributed by atoms with E-state index in [0.29, 0.717) is 30.0 Å². The van der Waals surface area contributed by atoms with Crippen LogP contribution in [0, 0.1) is 0 Å². The molecule has 0 bridgehead atoms. The number of methoxy groups -OCH3 is 2. The predicted molar refractivity (Wildman–Crippen MR) is 99.1 cm³/mol. The Morgan fingerprint density at radius 2 is 1.84 bits per heavy atom. The molecule has 2 aromatic carbocycles. The van der Waals surface area contributed by atoms with Gasteiger partial charge in [-0.15, -0.1) is 0 Å². The van der Waals surface area contributed by atoms with E-state index < -0.39 is 0 Å². The van der Waals surface area contributed by atoms with Crippen molar-refractivity contribution in [2.24, 2.45) is 0 Å². The lowest BCUT2D eigenvalue weighted by Crippen LogP contribution is -2.17. The second-order valence-electron chi connectivity index (χ2n) is 6.04. The van der Waals surface area contributed by atoms with E-state index in [-0.39, 0.29) is 11.7 Å². The standard InChI is InChI=1S/C20H22N2O3/c1-24-19-8-7-13(11-20(19)25-2)14-9-15(12-16(23)10-14)22-18-6-4-3-5-17(18)21/h3-9,11,14,22H,10,12,21H2,1-2H3/t14-/m0/s1. The SMILES string of the molecule is COc1ccc([C@H]2C=C(Nc3ccccc3N)CC(=O)C2)cc1OC. The van der Waals surface area contributed by atoms with Crippen LogP contribution in [-0.2, 0) is 4.79 Å². The van der Waals surface area contributed by atoms with E-state index in [1.54, 1.807) is 14.2 Å². The Hall–Kier alpha value is -2.95. The summed E-state index contributed by atoms with van der Waals surface area (Å²) in [4.78, 5) is 12.2. The van der Waals surface area contributed by atoms with Crippen LogP contribution in [0.25, 0.3) is 0 Å². The fraction of sp³-hybridized carbons (Fsp3) is 0.250. The topological polar surface area (TPSA) is 73.6 Å². The number of benzene rings is 2. The van der Waals surface area contributed by atoms with E-state index in [1.807, 2.05) is 42.5 Å². The van der Waals surface area contributed by atoms with E-state index in [9.17, 15) is 4.79 Å². The molecule has 3 N–H and O–H groups in total. The van der Waals surface area contributed by atoms with Crippen molar-refractivity contribution in [3.8, 4) is 11.5 Å². The second kappa shape index (κ2) is 7.30. The maximum absolute atomic E-state index is 12.2. The van der Waals surface area contributed by atoms with Gasteiger partial charge in [-0.25, -0.2) is 0 Å². The highest BCUT2D eigenvalue weighted by molar-refractivity contribution is 5.85. The quantitative estimate of drug-likeness (QED) is 0.813. The third-order valence-corrected chi connectivity index (χ3v) is 4.33. The number of Topliss-reactive ketones (excluding diaryl/α,β-unsaturated/α-hetero) is 1. The van der Waals surface area contributed by atoms with E-state index in [4.69, 9.17) is 15.2 Å². The van der Waals surface area contributed by atoms with Gasteiger partial charge in [0, 0.05) is 24.5 Å². The summed E-state index contributed by atoms with van der Waals surface area (Å²) < 4.78 is 10.6. The number of nitrogens with two attached hydrogens (primary N) is 1. The Kier molecular flexibility index (Phi) is 4.93. The van der Waals surface area contributed by atoms with Crippen LogP contribution in [0.4, 0.5) is 11.4 Å². The average Bonchev–Trinajstić information content (AvgIpc) is 2.62. The molecular formula is C20H22N2O3. The van der Waals surface area contributed by atoms with Crippen molar-refractivity contribution < 1.29 is 14.3 Å². The number of allylic oxidation sites excluding steroid dienone is 2. The molecule has 0 amide bonds. The zero-order chi connectivity index (χ0) is 17.8. The van der Waals surface area contributed by atoms with Gasteiger partial charge in [-0.2, -0.15) is 0 Å². The van der Waals surface area contributed by atoms with Crippen LogP contribution in [0.5, 0.6) is 11.5 Å². The number of rotatable bonds is 5. The molecule has 5 heteroatoms. The van der Waals surface area contributed by atoms with E-state index >= 15 is 0 Å². The van der Waals surface area contributed by atoms with Crippen molar-refractivity contribution >= 4 is 17.2 Å². The summed E-state index contributed by atoms with van der Waals surface area (Å²) in [7, 11) is 3.21. The maximum atomic E-state index is 12.2. The number of ether oxygens (including phenoxy) is 2. The highest BCUT2D eigenvalue weighted by Gasteiger charge is 2.23. The van der Waals surface area contributed by atoms with Crippen LogP contribution in [0.1, 0.15) is 24.3 Å². The van der Waals surface area contributed by atoms with Gasteiger partial charge in [0.1, 0.15) is 5.78 Å². The van der Waals surface area contributed by atoms with E-state index in [1.165, 1.54) is 0 Å². The first kappa shape index (κ1) is 16.9. The molecule has 1 aliphatic rings. The molecule has 3 rings (SSSR count). The summed E-state index contributed by atoms with van der Waals surface area (Å²) in [6.45, 7) is 0. The smallest absolute Gasteiger partial charge is 0.161 e. The molecule has 0 radical (unpaired) electrons. The Balaban J connectivity index is 1.89. The van der Waals surface area contributed by atoms with Crippen LogP contribution >= 0.6 is 0 Å². The number of nitrogen functional groups attached to an aromatic ring is 1. The lowest BCUT2D eigenvalue weighted by molar-refractivity contribution is -0.118. The van der Waals surface area contributed by atoms with Crippen LogP contribution in [-0.4, -0.2) is 20.0 Å². The molecule has 1 aliphatic carbocycles. The van der Waals surface area contributed by atoms with Crippen LogP contribution in [0.15, 0.2) is 54.2 Å². The molecule has 130 valence electrons. The minimum atomic E-state index is -0.00603. The lowest BCUT2D eigenvalue weighted by Gasteiger charge is -2.23. The Bertz CT molecular complexity index is 814. The first-order valence-electron chi connectivity index (χ1n) is 8.16. The summed E-state index contributed by atoms with van der Waals surface area (Å²) >= 11 is 0. The molecule has 0 heterocycles. The number of carbonyl (C=O) groups is 1. The second-order valence-corrected chi connectivity index (χ2v) is 6.04.